The van der Waals surface area contributed by atoms with Crippen molar-refractivity contribution < 1.29 is 4.74 Å². The highest BCUT2D eigenvalue weighted by molar-refractivity contribution is 7.11. The fraction of sp³-hybridized carbons (Fsp3) is 0.750. The third kappa shape index (κ3) is 3.02. The molecule has 1 aromatic heterocycles. The first-order valence-electron chi connectivity index (χ1n) is 4.14. The predicted molar refractivity (Wildman–Crippen MR) is 52.6 cm³/mol. The van der Waals surface area contributed by atoms with E-state index in [2.05, 4.69) is 10.2 Å². The van der Waals surface area contributed by atoms with Crippen molar-refractivity contribution >= 4 is 11.3 Å². The molecule has 0 saturated carbocycles. The number of hydrogen-bond donors (Lipinski definition) is 1. The summed E-state index contributed by atoms with van der Waals surface area (Å²) in [6.45, 7) is 4.51. The first-order valence-corrected chi connectivity index (χ1v) is 4.95. The predicted octanol–water partition coefficient (Wildman–Crippen LogP) is 0.964. The summed E-state index contributed by atoms with van der Waals surface area (Å²) in [6, 6.07) is 0. The van der Waals surface area contributed by atoms with Gasteiger partial charge < -0.3 is 10.5 Å². The SMILES string of the molecule is COC(C)(C)Cc1nnc(CN)s1. The molecule has 0 aliphatic carbocycles. The van der Waals surface area contributed by atoms with Gasteiger partial charge in [0.15, 0.2) is 0 Å². The molecule has 0 atom stereocenters. The van der Waals surface area contributed by atoms with Crippen LogP contribution in [-0.2, 0) is 17.7 Å². The monoisotopic (exact) mass is 201 g/mol. The van der Waals surface area contributed by atoms with E-state index in [0.717, 1.165) is 16.4 Å². The summed E-state index contributed by atoms with van der Waals surface area (Å²) in [4.78, 5) is 0. The fourth-order valence-electron chi connectivity index (χ4n) is 0.879. The molecule has 0 spiro atoms. The quantitative estimate of drug-likeness (QED) is 0.788. The molecule has 0 aliphatic rings. The molecule has 0 radical (unpaired) electrons. The van der Waals surface area contributed by atoms with Crippen LogP contribution in [0.1, 0.15) is 23.9 Å². The van der Waals surface area contributed by atoms with Gasteiger partial charge in [-0.3, -0.25) is 0 Å². The third-order valence-corrected chi connectivity index (χ3v) is 2.76. The Labute approximate surface area is 82.1 Å². The topological polar surface area (TPSA) is 61.0 Å². The summed E-state index contributed by atoms with van der Waals surface area (Å²) in [6.07, 6.45) is 0.779. The average molecular weight is 201 g/mol. The van der Waals surface area contributed by atoms with Crippen molar-refractivity contribution in [1.82, 2.24) is 10.2 Å². The lowest BCUT2D eigenvalue weighted by Crippen LogP contribution is -2.25. The van der Waals surface area contributed by atoms with Gasteiger partial charge in [-0.25, -0.2) is 0 Å². The lowest BCUT2D eigenvalue weighted by molar-refractivity contribution is 0.0230. The van der Waals surface area contributed by atoms with Gasteiger partial charge in [-0.05, 0) is 13.8 Å². The van der Waals surface area contributed by atoms with Gasteiger partial charge >= 0.3 is 0 Å². The molecular formula is C8H15N3OS. The first kappa shape index (κ1) is 10.6. The van der Waals surface area contributed by atoms with Crippen molar-refractivity contribution in [2.45, 2.75) is 32.4 Å². The van der Waals surface area contributed by atoms with Gasteiger partial charge in [0.05, 0.1) is 5.60 Å². The van der Waals surface area contributed by atoms with Crippen molar-refractivity contribution in [1.29, 1.82) is 0 Å². The van der Waals surface area contributed by atoms with Crippen molar-refractivity contribution in [3.8, 4) is 0 Å². The van der Waals surface area contributed by atoms with Crippen LogP contribution < -0.4 is 5.73 Å². The van der Waals surface area contributed by atoms with Crippen LogP contribution in [0.2, 0.25) is 0 Å². The van der Waals surface area contributed by atoms with Crippen molar-refractivity contribution in [3.63, 3.8) is 0 Å². The van der Waals surface area contributed by atoms with E-state index < -0.39 is 0 Å². The van der Waals surface area contributed by atoms with E-state index in [4.69, 9.17) is 10.5 Å². The Morgan fingerprint density at radius 1 is 1.38 bits per heavy atom. The number of ether oxygens (including phenoxy) is 1. The number of methoxy groups -OCH3 is 1. The van der Waals surface area contributed by atoms with Crippen LogP contribution in [0, 0.1) is 0 Å². The van der Waals surface area contributed by atoms with Gasteiger partial charge in [-0.1, -0.05) is 0 Å². The average Bonchev–Trinajstić information content (AvgIpc) is 2.52. The Morgan fingerprint density at radius 2 is 2.00 bits per heavy atom. The Balaban J connectivity index is 2.63. The van der Waals surface area contributed by atoms with Crippen molar-refractivity contribution in [2.24, 2.45) is 5.73 Å². The Bertz CT molecular complexity index is 272. The summed E-state index contributed by atoms with van der Waals surface area (Å²) in [7, 11) is 1.70. The maximum Gasteiger partial charge on any atom is 0.131 e. The van der Waals surface area contributed by atoms with E-state index in [9.17, 15) is 0 Å². The second kappa shape index (κ2) is 4.13. The van der Waals surface area contributed by atoms with E-state index in [1.165, 1.54) is 0 Å². The van der Waals surface area contributed by atoms with Gasteiger partial charge in [0.25, 0.3) is 0 Å². The van der Waals surface area contributed by atoms with E-state index in [1.54, 1.807) is 18.4 Å². The van der Waals surface area contributed by atoms with E-state index in [1.807, 2.05) is 13.8 Å². The molecule has 5 heteroatoms. The fourth-order valence-corrected chi connectivity index (χ4v) is 1.82. The number of nitrogens with two attached hydrogens (primary N) is 1. The zero-order valence-corrected chi connectivity index (χ0v) is 9.02. The minimum atomic E-state index is -0.175. The Kier molecular flexibility index (Phi) is 3.35. The van der Waals surface area contributed by atoms with E-state index in [0.29, 0.717) is 6.54 Å². The summed E-state index contributed by atoms with van der Waals surface area (Å²) in [5, 5.41) is 9.83. The molecule has 1 aromatic rings. The number of hydrogen-bond acceptors (Lipinski definition) is 5. The molecule has 13 heavy (non-hydrogen) atoms. The molecule has 0 aliphatic heterocycles. The molecule has 0 bridgehead atoms. The number of nitrogens with zero attached hydrogens (tertiary/aromatic N) is 2. The Morgan fingerprint density at radius 3 is 2.46 bits per heavy atom. The normalized spacial score (nSPS) is 12.0. The Hall–Kier alpha value is -0.520. The third-order valence-electron chi connectivity index (χ3n) is 1.81. The van der Waals surface area contributed by atoms with Gasteiger partial charge in [-0.2, -0.15) is 0 Å². The van der Waals surface area contributed by atoms with Gasteiger partial charge in [-0.15, -0.1) is 21.5 Å². The van der Waals surface area contributed by atoms with Crippen LogP contribution in [0.25, 0.3) is 0 Å². The first-order chi connectivity index (χ1) is 6.07. The minimum Gasteiger partial charge on any atom is -0.378 e. The van der Waals surface area contributed by atoms with Crippen LogP contribution in [0.15, 0.2) is 0 Å². The minimum absolute atomic E-state index is 0.175. The highest BCUT2D eigenvalue weighted by Gasteiger charge is 2.19. The summed E-state index contributed by atoms with van der Waals surface area (Å²) in [5.41, 5.74) is 5.26. The largest absolute Gasteiger partial charge is 0.378 e. The van der Waals surface area contributed by atoms with Crippen LogP contribution in [0.3, 0.4) is 0 Å². The molecule has 0 amide bonds. The molecule has 0 aromatic carbocycles. The summed E-state index contributed by atoms with van der Waals surface area (Å²) < 4.78 is 5.29. The molecule has 0 saturated heterocycles. The van der Waals surface area contributed by atoms with Crippen molar-refractivity contribution in [2.75, 3.05) is 7.11 Å². The van der Waals surface area contributed by atoms with Crippen LogP contribution in [0.4, 0.5) is 0 Å². The molecule has 1 heterocycles. The van der Waals surface area contributed by atoms with Crippen LogP contribution >= 0.6 is 11.3 Å². The molecular weight excluding hydrogens is 186 g/mol. The zero-order valence-electron chi connectivity index (χ0n) is 8.20. The van der Waals surface area contributed by atoms with E-state index in [-0.39, 0.29) is 5.60 Å². The smallest absolute Gasteiger partial charge is 0.131 e. The highest BCUT2D eigenvalue weighted by atomic mass is 32.1. The molecule has 0 fully saturated rings. The second-order valence-electron chi connectivity index (χ2n) is 3.43. The highest BCUT2D eigenvalue weighted by Crippen LogP contribution is 2.18. The number of aromatic nitrogens is 2. The molecule has 2 N–H and O–H groups in total. The molecule has 74 valence electrons. The number of rotatable bonds is 4. The van der Waals surface area contributed by atoms with Gasteiger partial charge in [0.2, 0.25) is 0 Å². The summed E-state index contributed by atoms with van der Waals surface area (Å²) in [5.74, 6) is 0. The van der Waals surface area contributed by atoms with E-state index >= 15 is 0 Å². The second-order valence-corrected chi connectivity index (χ2v) is 4.58. The standard InChI is InChI=1S/C8H15N3OS/c1-8(2,12-3)4-6-10-11-7(5-9)13-6/h4-5,9H2,1-3H3. The molecule has 4 nitrogen and oxygen atoms in total. The maximum absolute atomic E-state index is 5.44. The van der Waals surface area contributed by atoms with Crippen molar-refractivity contribution in [3.05, 3.63) is 10.0 Å². The zero-order chi connectivity index (χ0) is 9.90. The van der Waals surface area contributed by atoms with Gasteiger partial charge in [0, 0.05) is 20.1 Å². The van der Waals surface area contributed by atoms with Crippen LogP contribution in [0.5, 0.6) is 0 Å². The lowest BCUT2D eigenvalue weighted by atomic mass is 10.1. The van der Waals surface area contributed by atoms with Gasteiger partial charge in [0.1, 0.15) is 10.0 Å². The summed E-state index contributed by atoms with van der Waals surface area (Å²) >= 11 is 1.55. The molecule has 0 unspecified atom stereocenters. The van der Waals surface area contributed by atoms with Crippen LogP contribution in [-0.4, -0.2) is 22.9 Å². The molecule has 1 rings (SSSR count). The maximum atomic E-state index is 5.44. The lowest BCUT2D eigenvalue weighted by Gasteiger charge is -2.20.